The Labute approximate surface area is 156 Å². The maximum atomic E-state index is 13.3. The van der Waals surface area contributed by atoms with Gasteiger partial charge in [0, 0.05) is 27.3 Å². The normalized spacial score (nSPS) is 13.8. The van der Waals surface area contributed by atoms with E-state index in [0.29, 0.717) is 21.0 Å². The van der Waals surface area contributed by atoms with Crippen LogP contribution in [0.5, 0.6) is 0 Å². The van der Waals surface area contributed by atoms with Crippen LogP contribution in [0.15, 0.2) is 78.9 Å². The van der Waals surface area contributed by atoms with Crippen LogP contribution in [0, 0.1) is 0 Å². The number of hydrogen-bond donors (Lipinski definition) is 0. The molecule has 3 heteroatoms. The van der Waals surface area contributed by atoms with Crippen LogP contribution in [0.3, 0.4) is 0 Å². The Balaban J connectivity index is 2.05. The van der Waals surface area contributed by atoms with E-state index in [1.54, 1.807) is 12.1 Å². The molecule has 1 nitrogen and oxygen atoms in total. The summed E-state index contributed by atoms with van der Waals surface area (Å²) in [6.07, 6.45) is 0. The van der Waals surface area contributed by atoms with Crippen LogP contribution in [0.4, 0.5) is 0 Å². The highest BCUT2D eigenvalue weighted by Gasteiger charge is 2.31. The van der Waals surface area contributed by atoms with Gasteiger partial charge in [0.15, 0.2) is 5.78 Å². The van der Waals surface area contributed by atoms with Crippen molar-refractivity contribution < 1.29 is 4.79 Å². The number of allylic oxidation sites excluding steroid dienone is 2. The Hall–Kier alpha value is -2.55. The van der Waals surface area contributed by atoms with Gasteiger partial charge in [0.1, 0.15) is 0 Å². The molecule has 4 rings (SSSR count). The largest absolute Gasteiger partial charge is 0.289 e. The van der Waals surface area contributed by atoms with E-state index < -0.39 is 0 Å². The van der Waals surface area contributed by atoms with Gasteiger partial charge in [-0.15, -0.1) is 0 Å². The number of fused-ring (bicyclic) bond motifs is 1. The molecule has 0 heterocycles. The molecule has 25 heavy (non-hydrogen) atoms. The topological polar surface area (TPSA) is 17.1 Å². The fourth-order valence-electron chi connectivity index (χ4n) is 3.16. The van der Waals surface area contributed by atoms with E-state index in [4.69, 9.17) is 23.8 Å². The van der Waals surface area contributed by atoms with Gasteiger partial charge in [-0.3, -0.25) is 4.79 Å². The zero-order chi connectivity index (χ0) is 17.4. The Morgan fingerprint density at radius 3 is 1.84 bits per heavy atom. The summed E-state index contributed by atoms with van der Waals surface area (Å²) in [6, 6.07) is 24.8. The number of benzene rings is 3. The molecule has 120 valence electrons. The van der Waals surface area contributed by atoms with E-state index in [0.717, 1.165) is 22.3 Å². The quantitative estimate of drug-likeness (QED) is 0.532. The van der Waals surface area contributed by atoms with Crippen LogP contribution in [-0.2, 0) is 0 Å². The van der Waals surface area contributed by atoms with Crippen molar-refractivity contribution in [1.29, 1.82) is 0 Å². The van der Waals surface area contributed by atoms with Crippen molar-refractivity contribution in [1.82, 2.24) is 0 Å². The summed E-state index contributed by atoms with van der Waals surface area (Å²) in [4.78, 5) is 14.0. The first-order valence-electron chi connectivity index (χ1n) is 7.91. The highest BCUT2D eigenvalue weighted by molar-refractivity contribution is 7.82. The Kier molecular flexibility index (Phi) is 4.08. The number of carbonyl (C=O) groups excluding carboxylic acids is 1. The molecule has 0 aromatic heterocycles. The molecule has 0 saturated heterocycles. The molecule has 1 aliphatic carbocycles. The number of carbonyl (C=O) groups is 1. The first kappa shape index (κ1) is 15.9. The minimum Gasteiger partial charge on any atom is -0.289 e. The fraction of sp³-hybridized carbons (Fsp3) is 0. The molecule has 0 atom stereocenters. The molecule has 0 fully saturated rings. The van der Waals surface area contributed by atoms with Crippen molar-refractivity contribution in [2.45, 2.75) is 0 Å². The van der Waals surface area contributed by atoms with Gasteiger partial charge in [-0.25, -0.2) is 0 Å². The van der Waals surface area contributed by atoms with E-state index in [2.05, 4.69) is 0 Å². The minimum absolute atomic E-state index is 0.0452. The zero-order valence-electron chi connectivity index (χ0n) is 13.2. The van der Waals surface area contributed by atoms with Gasteiger partial charge in [0.25, 0.3) is 0 Å². The van der Waals surface area contributed by atoms with E-state index >= 15 is 0 Å². The predicted molar refractivity (Wildman–Crippen MR) is 107 cm³/mol. The van der Waals surface area contributed by atoms with Crippen molar-refractivity contribution in [3.63, 3.8) is 0 Å². The lowest BCUT2D eigenvalue weighted by Gasteiger charge is -2.24. The maximum absolute atomic E-state index is 13.3. The molecule has 0 radical (unpaired) electrons. The van der Waals surface area contributed by atoms with E-state index in [1.165, 1.54) is 0 Å². The third-order valence-electron chi connectivity index (χ3n) is 4.30. The third-order valence-corrected chi connectivity index (χ3v) is 4.96. The van der Waals surface area contributed by atoms with Crippen molar-refractivity contribution in [3.05, 3.63) is 106 Å². The molecule has 0 aliphatic heterocycles. The Bertz CT molecular complexity index is 1020. The van der Waals surface area contributed by atoms with Crippen molar-refractivity contribution in [3.8, 4) is 0 Å². The van der Waals surface area contributed by atoms with Gasteiger partial charge < -0.3 is 0 Å². The highest BCUT2D eigenvalue weighted by atomic mass is 35.5. The molecular formula is C22H13ClOS. The van der Waals surface area contributed by atoms with Gasteiger partial charge in [0.05, 0.1) is 4.86 Å². The summed E-state index contributed by atoms with van der Waals surface area (Å²) in [5, 5.41) is 0.533. The van der Waals surface area contributed by atoms with Gasteiger partial charge >= 0.3 is 0 Å². The summed E-state index contributed by atoms with van der Waals surface area (Å²) >= 11 is 11.9. The van der Waals surface area contributed by atoms with Gasteiger partial charge in [-0.1, -0.05) is 90.5 Å². The molecule has 0 amide bonds. The number of ketones is 1. The number of thiocarbonyl (C=S) groups is 1. The number of rotatable bonds is 2. The monoisotopic (exact) mass is 360 g/mol. The third kappa shape index (κ3) is 2.74. The summed E-state index contributed by atoms with van der Waals surface area (Å²) in [5.41, 5.74) is 4.58. The molecule has 3 aromatic rings. The molecular weight excluding hydrogens is 348 g/mol. The molecule has 1 aliphatic rings. The minimum atomic E-state index is -0.0452. The van der Waals surface area contributed by atoms with Crippen LogP contribution in [0.2, 0.25) is 5.02 Å². The average Bonchev–Trinajstić information content (AvgIpc) is 2.65. The van der Waals surface area contributed by atoms with Gasteiger partial charge in [-0.05, 0) is 23.3 Å². The highest BCUT2D eigenvalue weighted by Crippen LogP contribution is 2.38. The lowest BCUT2D eigenvalue weighted by Crippen LogP contribution is -2.20. The van der Waals surface area contributed by atoms with Crippen LogP contribution in [0.1, 0.15) is 27.0 Å². The smallest absolute Gasteiger partial charge is 0.195 e. The summed E-state index contributed by atoms with van der Waals surface area (Å²) in [5.74, 6) is -0.0452. The summed E-state index contributed by atoms with van der Waals surface area (Å²) in [6.45, 7) is 0. The second kappa shape index (κ2) is 6.40. The standard InChI is InChI=1S/C22H13ClOS/c23-16-11-12-17-18(13-16)21(24)19(14-7-3-1-4-8-14)20(22(17)25)15-9-5-2-6-10-15/h1-13H. The molecule has 0 saturated carbocycles. The van der Waals surface area contributed by atoms with Crippen LogP contribution >= 0.6 is 23.8 Å². The van der Waals surface area contributed by atoms with E-state index in [1.807, 2.05) is 66.7 Å². The average molecular weight is 361 g/mol. The summed E-state index contributed by atoms with van der Waals surface area (Å²) in [7, 11) is 0. The zero-order valence-corrected chi connectivity index (χ0v) is 14.8. The lowest BCUT2D eigenvalue weighted by atomic mass is 9.79. The predicted octanol–water partition coefficient (Wildman–Crippen LogP) is 5.87. The van der Waals surface area contributed by atoms with Crippen LogP contribution in [0.25, 0.3) is 11.1 Å². The number of Topliss-reactive ketones (excluding diaryl/α,β-unsaturated/α-hetero) is 1. The Morgan fingerprint density at radius 1 is 0.680 bits per heavy atom. The molecule has 0 N–H and O–H groups in total. The van der Waals surface area contributed by atoms with E-state index in [9.17, 15) is 4.79 Å². The van der Waals surface area contributed by atoms with Crippen LogP contribution in [-0.4, -0.2) is 10.6 Å². The first-order valence-corrected chi connectivity index (χ1v) is 8.69. The van der Waals surface area contributed by atoms with Crippen molar-refractivity contribution >= 4 is 45.6 Å². The van der Waals surface area contributed by atoms with E-state index in [-0.39, 0.29) is 5.78 Å². The van der Waals surface area contributed by atoms with Crippen LogP contribution < -0.4 is 0 Å². The first-order chi connectivity index (χ1) is 12.2. The molecule has 0 unspecified atom stereocenters. The molecule has 3 aromatic carbocycles. The molecule has 0 spiro atoms. The molecule has 0 bridgehead atoms. The Morgan fingerprint density at radius 2 is 1.24 bits per heavy atom. The fourth-order valence-corrected chi connectivity index (χ4v) is 3.73. The second-order valence-electron chi connectivity index (χ2n) is 5.83. The van der Waals surface area contributed by atoms with Gasteiger partial charge in [0.2, 0.25) is 0 Å². The van der Waals surface area contributed by atoms with Crippen molar-refractivity contribution in [2.75, 3.05) is 0 Å². The number of halogens is 1. The maximum Gasteiger partial charge on any atom is 0.195 e. The number of hydrogen-bond acceptors (Lipinski definition) is 2. The SMILES string of the molecule is O=C1C(c2ccccc2)=C(c2ccccc2)C(=S)c2ccc(Cl)cc21. The lowest BCUT2D eigenvalue weighted by molar-refractivity contribution is 0.105. The second-order valence-corrected chi connectivity index (χ2v) is 6.67. The van der Waals surface area contributed by atoms with Crippen molar-refractivity contribution in [2.24, 2.45) is 0 Å². The van der Waals surface area contributed by atoms with Gasteiger partial charge in [-0.2, -0.15) is 0 Å². The summed E-state index contributed by atoms with van der Waals surface area (Å²) < 4.78 is 0.